The van der Waals surface area contributed by atoms with Gasteiger partial charge >= 0.3 is 0 Å². The Morgan fingerprint density at radius 1 is 0.781 bits per heavy atom. The van der Waals surface area contributed by atoms with E-state index in [0.29, 0.717) is 5.16 Å². The van der Waals surface area contributed by atoms with Crippen molar-refractivity contribution in [3.05, 3.63) is 54.6 Å². The van der Waals surface area contributed by atoms with E-state index in [4.69, 9.17) is 5.73 Å². The van der Waals surface area contributed by atoms with Crippen LogP contribution in [0.4, 0.5) is 5.69 Å². The topological polar surface area (TPSA) is 26.0 Å². The maximum absolute atomic E-state index is 5.83. The number of para-hydroxylation sites is 1. The van der Waals surface area contributed by atoms with Crippen molar-refractivity contribution >= 4 is 13.6 Å². The summed E-state index contributed by atoms with van der Waals surface area (Å²) in [4.78, 5) is 0. The first kappa shape index (κ1) is 29.7. The van der Waals surface area contributed by atoms with Crippen molar-refractivity contribution in [2.45, 2.75) is 101 Å². The van der Waals surface area contributed by atoms with Crippen LogP contribution in [0, 0.1) is 6.07 Å². The molecule has 2 aromatic rings. The Labute approximate surface area is 218 Å². The van der Waals surface area contributed by atoms with Gasteiger partial charge in [0.1, 0.15) is 0 Å². The minimum Gasteiger partial charge on any atom is -1.00 e. The molecule has 4 rings (SSSR count). The zero-order valence-electron chi connectivity index (χ0n) is 20.1. The van der Waals surface area contributed by atoms with Crippen molar-refractivity contribution in [1.29, 1.82) is 0 Å². The molecule has 0 aliphatic heterocycles. The molecule has 0 radical (unpaired) electrons. The molecule has 1 nitrogen and oxygen atoms in total. The van der Waals surface area contributed by atoms with E-state index < -0.39 is 0 Å². The van der Waals surface area contributed by atoms with Gasteiger partial charge in [0.2, 0.25) is 0 Å². The molecule has 2 aliphatic carbocycles. The summed E-state index contributed by atoms with van der Waals surface area (Å²) in [7, 11) is 0.262. The number of hydrogen-bond acceptors (Lipinski definition) is 1. The summed E-state index contributed by atoms with van der Waals surface area (Å²) in [5.74, 6) is 0. The zero-order chi connectivity index (χ0) is 21.4. The smallest absolute Gasteiger partial charge is 0 e. The Hall–Kier alpha value is -0.378. The Morgan fingerprint density at radius 2 is 1.28 bits per heavy atom. The molecule has 4 heteroatoms. The minimum absolute atomic E-state index is 0. The molecule has 32 heavy (non-hydrogen) atoms. The molecule has 0 aromatic heterocycles. The third-order valence-corrected chi connectivity index (χ3v) is 10.8. The summed E-state index contributed by atoms with van der Waals surface area (Å²) in [6.45, 7) is 7.59. The zero-order valence-corrected chi connectivity index (χ0v) is 23.3. The molecule has 0 atom stereocenters. The number of rotatable bonds is 3. The van der Waals surface area contributed by atoms with Gasteiger partial charge in [-0.1, -0.05) is 91.0 Å². The van der Waals surface area contributed by atoms with E-state index >= 15 is 0 Å². The fourth-order valence-electron chi connectivity index (χ4n) is 5.42. The summed E-state index contributed by atoms with van der Waals surface area (Å²) in [5.41, 5.74) is 10.9. The van der Waals surface area contributed by atoms with Crippen molar-refractivity contribution in [3.63, 3.8) is 0 Å². The fraction of sp³-hybridized carbons (Fsp3) is 0.571. The Morgan fingerprint density at radius 3 is 1.72 bits per heavy atom. The molecule has 0 amide bonds. The summed E-state index contributed by atoms with van der Waals surface area (Å²) in [5, 5.41) is 0.597. The van der Waals surface area contributed by atoms with Crippen molar-refractivity contribution in [3.8, 4) is 11.1 Å². The summed E-state index contributed by atoms with van der Waals surface area (Å²) in [6.07, 6.45) is 15.3. The van der Waals surface area contributed by atoms with E-state index in [9.17, 15) is 0 Å². The molecular formula is C28H41ClNPPd-2. The van der Waals surface area contributed by atoms with Crippen LogP contribution >= 0.6 is 7.92 Å². The Bertz CT molecular complexity index is 732. The van der Waals surface area contributed by atoms with E-state index in [-0.39, 0.29) is 40.8 Å². The third-order valence-electron chi connectivity index (χ3n) is 6.67. The number of hydrogen-bond donors (Lipinski definition) is 1. The first-order chi connectivity index (χ1) is 14.5. The fourth-order valence-corrected chi connectivity index (χ4v) is 10.0. The molecule has 0 saturated heterocycles. The average Bonchev–Trinajstić information content (AvgIpc) is 2.76. The van der Waals surface area contributed by atoms with Gasteiger partial charge in [0.25, 0.3) is 0 Å². The van der Waals surface area contributed by atoms with E-state index in [2.05, 4.69) is 26.8 Å². The Kier molecular flexibility index (Phi) is 13.7. The van der Waals surface area contributed by atoms with Gasteiger partial charge in [0.05, 0.1) is 0 Å². The van der Waals surface area contributed by atoms with Crippen molar-refractivity contribution in [2.24, 2.45) is 0 Å². The van der Waals surface area contributed by atoms with Crippen molar-refractivity contribution in [1.82, 2.24) is 0 Å². The van der Waals surface area contributed by atoms with Crippen LogP contribution in [0.2, 0.25) is 0 Å². The van der Waals surface area contributed by atoms with Crippen LogP contribution in [0.3, 0.4) is 0 Å². The minimum atomic E-state index is 0. The van der Waals surface area contributed by atoms with Gasteiger partial charge in [-0.2, -0.15) is 0 Å². The van der Waals surface area contributed by atoms with E-state index in [1.807, 2.05) is 48.5 Å². The summed E-state index contributed by atoms with van der Waals surface area (Å²) >= 11 is 0. The molecule has 2 saturated carbocycles. The van der Waals surface area contributed by atoms with Crippen LogP contribution in [0.25, 0.3) is 11.1 Å². The second kappa shape index (κ2) is 14.8. The van der Waals surface area contributed by atoms with Crippen LogP contribution in [0.15, 0.2) is 48.5 Å². The van der Waals surface area contributed by atoms with Crippen LogP contribution < -0.4 is 18.1 Å². The molecule has 182 valence electrons. The first-order valence-electron chi connectivity index (χ1n) is 12.1. The summed E-state index contributed by atoms with van der Waals surface area (Å²) in [6, 6.07) is 18.8. The normalized spacial score (nSPS) is 17.5. The standard InChI is InChI=1S/C16H31P.C12H10N.ClH.Pd/c1-16(2,3)17(14-10-6-4-7-11-14)15-12-8-5-9-13-15;13-12-9-5-4-8-11(12)10-6-2-1-3-7-10;;/h14-15H,4-13H2,1-3H3;1-6,8-9H,13H2;1H;/q;-1;;/p-1. The van der Waals surface area contributed by atoms with E-state index in [0.717, 1.165) is 28.1 Å². The second-order valence-corrected chi connectivity index (χ2v) is 13.6. The SMILES string of the molecule is CC(C)(C)P(C1CCCCC1)C1CCCCC1.Nc1ccccc1-c1[c-]cccc1.[Cl-].[Pd]. The van der Waals surface area contributed by atoms with Gasteiger partial charge in [-0.05, 0) is 53.9 Å². The van der Waals surface area contributed by atoms with Gasteiger partial charge in [-0.25, -0.2) is 0 Å². The first-order valence-corrected chi connectivity index (χ1v) is 13.5. The van der Waals surface area contributed by atoms with Crippen molar-refractivity contribution < 1.29 is 32.8 Å². The number of nitrogen functional groups attached to an aromatic ring is 1. The number of benzene rings is 2. The molecule has 2 N–H and O–H groups in total. The van der Waals surface area contributed by atoms with Gasteiger partial charge in [-0.15, -0.1) is 35.9 Å². The summed E-state index contributed by atoms with van der Waals surface area (Å²) < 4.78 is 0. The number of anilines is 1. The second-order valence-electron chi connectivity index (χ2n) is 10.0. The average molecular weight is 564 g/mol. The monoisotopic (exact) mass is 563 g/mol. The predicted octanol–water partition coefficient (Wildman–Crippen LogP) is 5.67. The van der Waals surface area contributed by atoms with Crippen LogP contribution in [-0.4, -0.2) is 16.5 Å². The van der Waals surface area contributed by atoms with Crippen LogP contribution in [0.5, 0.6) is 0 Å². The van der Waals surface area contributed by atoms with Gasteiger partial charge in [-0.3, -0.25) is 0 Å². The predicted molar refractivity (Wildman–Crippen MR) is 136 cm³/mol. The van der Waals surface area contributed by atoms with E-state index in [1.165, 1.54) is 38.5 Å². The quantitative estimate of drug-likeness (QED) is 0.221. The molecule has 0 bridgehead atoms. The number of halogens is 1. The molecule has 0 unspecified atom stereocenters. The van der Waals surface area contributed by atoms with E-state index in [1.54, 1.807) is 25.7 Å². The van der Waals surface area contributed by atoms with Gasteiger partial charge in [0.15, 0.2) is 0 Å². The largest absolute Gasteiger partial charge is 1.00 e. The molecule has 2 fully saturated rings. The van der Waals surface area contributed by atoms with Gasteiger partial charge in [0, 0.05) is 20.4 Å². The maximum Gasteiger partial charge on any atom is 0 e. The number of nitrogens with two attached hydrogens (primary N) is 1. The Balaban J connectivity index is 0.000000310. The third kappa shape index (κ3) is 8.76. The maximum atomic E-state index is 5.83. The van der Waals surface area contributed by atoms with Gasteiger partial charge < -0.3 is 18.1 Å². The molecular weight excluding hydrogens is 523 g/mol. The molecule has 2 aliphatic rings. The molecule has 2 aromatic carbocycles. The van der Waals surface area contributed by atoms with Crippen molar-refractivity contribution in [2.75, 3.05) is 5.73 Å². The van der Waals surface area contributed by atoms with Crippen LogP contribution in [0.1, 0.15) is 85.0 Å². The molecule has 0 spiro atoms. The van der Waals surface area contributed by atoms with Crippen LogP contribution in [-0.2, 0) is 20.4 Å². The molecule has 0 heterocycles.